The molecule has 0 fully saturated rings. The van der Waals surface area contributed by atoms with E-state index in [1.54, 1.807) is 6.33 Å². The lowest BCUT2D eigenvalue weighted by atomic mass is 10.1. The first kappa shape index (κ1) is 15.8. The number of aryl methyl sites for hydroxylation is 2. The second-order valence-corrected chi connectivity index (χ2v) is 5.78. The van der Waals surface area contributed by atoms with Crippen molar-refractivity contribution >= 4 is 33.3 Å². The number of rotatable bonds is 5. The van der Waals surface area contributed by atoms with Crippen molar-refractivity contribution in [3.63, 3.8) is 0 Å². The number of halogens is 1. The summed E-state index contributed by atoms with van der Waals surface area (Å²) >= 11 is 3.60. The van der Waals surface area contributed by atoms with Crippen LogP contribution >= 0.6 is 15.9 Å². The van der Waals surface area contributed by atoms with Gasteiger partial charge in [-0.2, -0.15) is 0 Å². The Morgan fingerprint density at radius 3 is 2.24 bits per heavy atom. The molecule has 0 saturated carbocycles. The second-order valence-electron chi connectivity index (χ2n) is 4.98. The van der Waals surface area contributed by atoms with Crippen molar-refractivity contribution in [2.24, 2.45) is 0 Å². The SMILES string of the molecule is CCNc1ncnc(Nc2cc(C)c(Br)c(C)c2)c1CC. The lowest BCUT2D eigenvalue weighted by Crippen LogP contribution is -2.07. The highest BCUT2D eigenvalue weighted by Gasteiger charge is 2.10. The van der Waals surface area contributed by atoms with Crippen molar-refractivity contribution < 1.29 is 0 Å². The van der Waals surface area contributed by atoms with Crippen LogP contribution < -0.4 is 10.6 Å². The summed E-state index contributed by atoms with van der Waals surface area (Å²) in [7, 11) is 0. The van der Waals surface area contributed by atoms with E-state index < -0.39 is 0 Å². The van der Waals surface area contributed by atoms with Crippen LogP contribution in [0.2, 0.25) is 0 Å². The van der Waals surface area contributed by atoms with Crippen LogP contribution in [-0.4, -0.2) is 16.5 Å². The summed E-state index contributed by atoms with van der Waals surface area (Å²) in [6.07, 6.45) is 2.47. The maximum atomic E-state index is 4.40. The molecular formula is C16H21BrN4. The van der Waals surface area contributed by atoms with Gasteiger partial charge in [-0.05, 0) is 50.5 Å². The second kappa shape index (κ2) is 6.89. The molecule has 4 nitrogen and oxygen atoms in total. The largest absolute Gasteiger partial charge is 0.370 e. The Kier molecular flexibility index (Phi) is 5.17. The molecule has 2 aromatic rings. The molecule has 0 spiro atoms. The van der Waals surface area contributed by atoms with Crippen LogP contribution in [0.4, 0.5) is 17.3 Å². The van der Waals surface area contributed by atoms with E-state index in [0.717, 1.165) is 40.3 Å². The Hall–Kier alpha value is -1.62. The molecule has 0 radical (unpaired) electrons. The molecule has 1 heterocycles. The number of hydrogen-bond acceptors (Lipinski definition) is 4. The number of nitrogens with one attached hydrogen (secondary N) is 2. The van der Waals surface area contributed by atoms with Crippen molar-refractivity contribution in [3.05, 3.63) is 39.6 Å². The van der Waals surface area contributed by atoms with Gasteiger partial charge in [-0.1, -0.05) is 22.9 Å². The Morgan fingerprint density at radius 2 is 1.67 bits per heavy atom. The molecule has 112 valence electrons. The molecule has 0 amide bonds. The quantitative estimate of drug-likeness (QED) is 0.829. The van der Waals surface area contributed by atoms with Crippen LogP contribution in [0.15, 0.2) is 22.9 Å². The minimum atomic E-state index is 0.847. The van der Waals surface area contributed by atoms with Gasteiger partial charge in [0, 0.05) is 22.3 Å². The number of nitrogens with zero attached hydrogens (tertiary/aromatic N) is 2. The average Bonchev–Trinajstić information content (AvgIpc) is 2.45. The van der Waals surface area contributed by atoms with Crippen molar-refractivity contribution in [3.8, 4) is 0 Å². The van der Waals surface area contributed by atoms with Gasteiger partial charge >= 0.3 is 0 Å². The Bertz CT molecular complexity index is 617. The number of hydrogen-bond donors (Lipinski definition) is 2. The first-order valence-corrected chi connectivity index (χ1v) is 7.97. The Morgan fingerprint density at radius 1 is 1.05 bits per heavy atom. The van der Waals surface area contributed by atoms with Crippen LogP contribution in [0.5, 0.6) is 0 Å². The van der Waals surface area contributed by atoms with Gasteiger partial charge in [-0.3, -0.25) is 0 Å². The number of benzene rings is 1. The van der Waals surface area contributed by atoms with Crippen LogP contribution in [0.1, 0.15) is 30.5 Å². The van der Waals surface area contributed by atoms with Crippen molar-refractivity contribution in [2.45, 2.75) is 34.1 Å². The standard InChI is InChI=1S/C16H21BrN4/c1-5-13-15(18-6-2)19-9-20-16(13)21-12-7-10(3)14(17)11(4)8-12/h7-9H,5-6H2,1-4H3,(H2,18,19,20,21). The fourth-order valence-electron chi connectivity index (χ4n) is 2.33. The normalized spacial score (nSPS) is 10.5. The Balaban J connectivity index is 2.37. The van der Waals surface area contributed by atoms with Crippen LogP contribution in [0, 0.1) is 13.8 Å². The molecule has 1 aromatic heterocycles. The molecule has 21 heavy (non-hydrogen) atoms. The Labute approximate surface area is 134 Å². The van der Waals surface area contributed by atoms with Crippen molar-refractivity contribution in [1.82, 2.24) is 9.97 Å². The molecule has 0 saturated heterocycles. The van der Waals surface area contributed by atoms with Gasteiger partial charge in [-0.15, -0.1) is 0 Å². The number of anilines is 3. The maximum Gasteiger partial charge on any atom is 0.139 e. The summed E-state index contributed by atoms with van der Waals surface area (Å²) in [6.45, 7) is 9.21. The third kappa shape index (κ3) is 3.53. The zero-order valence-corrected chi connectivity index (χ0v) is 14.5. The van der Waals surface area contributed by atoms with E-state index in [-0.39, 0.29) is 0 Å². The first-order chi connectivity index (χ1) is 10.1. The topological polar surface area (TPSA) is 49.8 Å². The summed E-state index contributed by atoms with van der Waals surface area (Å²) in [4.78, 5) is 8.72. The molecule has 0 atom stereocenters. The van der Waals surface area contributed by atoms with E-state index in [4.69, 9.17) is 0 Å². The van der Waals surface area contributed by atoms with E-state index in [1.807, 2.05) is 0 Å². The van der Waals surface area contributed by atoms with Crippen LogP contribution in [0.25, 0.3) is 0 Å². The fourth-order valence-corrected chi connectivity index (χ4v) is 2.56. The smallest absolute Gasteiger partial charge is 0.139 e. The molecule has 1 aromatic carbocycles. The minimum absolute atomic E-state index is 0.847. The molecule has 2 rings (SSSR count). The van der Waals surface area contributed by atoms with Gasteiger partial charge in [0.25, 0.3) is 0 Å². The first-order valence-electron chi connectivity index (χ1n) is 7.18. The lowest BCUT2D eigenvalue weighted by Gasteiger charge is -2.15. The molecule has 2 N–H and O–H groups in total. The average molecular weight is 349 g/mol. The monoisotopic (exact) mass is 348 g/mol. The van der Waals surface area contributed by atoms with E-state index in [1.165, 1.54) is 11.1 Å². The van der Waals surface area contributed by atoms with Gasteiger partial charge in [0.1, 0.15) is 18.0 Å². The molecule has 0 aliphatic heterocycles. The van der Waals surface area contributed by atoms with E-state index in [0.29, 0.717) is 0 Å². The van der Waals surface area contributed by atoms with Gasteiger partial charge in [0.15, 0.2) is 0 Å². The number of aromatic nitrogens is 2. The molecule has 5 heteroatoms. The van der Waals surface area contributed by atoms with Gasteiger partial charge in [-0.25, -0.2) is 9.97 Å². The van der Waals surface area contributed by atoms with E-state index in [9.17, 15) is 0 Å². The highest BCUT2D eigenvalue weighted by Crippen LogP contribution is 2.28. The van der Waals surface area contributed by atoms with Gasteiger partial charge < -0.3 is 10.6 Å². The zero-order valence-electron chi connectivity index (χ0n) is 12.9. The van der Waals surface area contributed by atoms with Crippen LogP contribution in [0.3, 0.4) is 0 Å². The highest BCUT2D eigenvalue weighted by atomic mass is 79.9. The lowest BCUT2D eigenvalue weighted by molar-refractivity contribution is 1.03. The molecule has 0 bridgehead atoms. The van der Waals surface area contributed by atoms with Gasteiger partial charge in [0.05, 0.1) is 0 Å². The minimum Gasteiger partial charge on any atom is -0.370 e. The third-order valence-corrected chi connectivity index (χ3v) is 4.59. The van der Waals surface area contributed by atoms with Crippen molar-refractivity contribution in [2.75, 3.05) is 17.2 Å². The summed E-state index contributed by atoms with van der Waals surface area (Å²) in [5, 5.41) is 6.71. The zero-order chi connectivity index (χ0) is 15.4. The molecule has 0 aliphatic carbocycles. The maximum absolute atomic E-state index is 4.40. The summed E-state index contributed by atoms with van der Waals surface area (Å²) in [5.74, 6) is 1.77. The summed E-state index contributed by atoms with van der Waals surface area (Å²) in [5.41, 5.74) is 4.56. The van der Waals surface area contributed by atoms with E-state index in [2.05, 4.69) is 76.4 Å². The highest BCUT2D eigenvalue weighted by molar-refractivity contribution is 9.10. The van der Waals surface area contributed by atoms with E-state index >= 15 is 0 Å². The molecule has 0 unspecified atom stereocenters. The predicted molar refractivity (Wildman–Crippen MR) is 92.5 cm³/mol. The molecule has 0 aliphatic rings. The predicted octanol–water partition coefficient (Wildman–Crippen LogP) is 4.59. The fraction of sp³-hybridized carbons (Fsp3) is 0.375. The third-order valence-electron chi connectivity index (χ3n) is 3.34. The van der Waals surface area contributed by atoms with Gasteiger partial charge in [0.2, 0.25) is 0 Å². The van der Waals surface area contributed by atoms with Crippen LogP contribution in [-0.2, 0) is 6.42 Å². The molecular weight excluding hydrogens is 328 g/mol. The summed E-state index contributed by atoms with van der Waals surface area (Å²) < 4.78 is 1.15. The van der Waals surface area contributed by atoms with Crippen molar-refractivity contribution in [1.29, 1.82) is 0 Å². The summed E-state index contributed by atoms with van der Waals surface area (Å²) in [6, 6.07) is 4.23.